The number of rotatable bonds is 8. The zero-order valence-corrected chi connectivity index (χ0v) is 20.3. The topological polar surface area (TPSA) is 60.5 Å². The third kappa shape index (κ3) is 5.84. The highest BCUT2D eigenvalue weighted by Gasteiger charge is 2.10. The molecule has 0 bridgehead atoms. The number of thiazole rings is 1. The molecule has 0 saturated carbocycles. The molecule has 1 aromatic heterocycles. The van der Waals surface area contributed by atoms with Crippen molar-refractivity contribution < 1.29 is 14.3 Å². The number of carbonyl (C=O) groups is 1. The number of benzene rings is 3. The molecular weight excluding hydrogens is 468 g/mol. The molecule has 172 valence electrons. The number of halogens is 1. The Morgan fingerprint density at radius 3 is 2.38 bits per heavy atom. The molecule has 0 spiro atoms. The van der Waals surface area contributed by atoms with Gasteiger partial charge in [-0.25, -0.2) is 4.98 Å². The summed E-state index contributed by atoms with van der Waals surface area (Å²) in [5.74, 6) is 1.20. The molecule has 1 amide bonds. The van der Waals surface area contributed by atoms with Crippen molar-refractivity contribution in [1.29, 1.82) is 0 Å². The van der Waals surface area contributed by atoms with Gasteiger partial charge in [-0.3, -0.25) is 4.79 Å². The van der Waals surface area contributed by atoms with Crippen LogP contribution in [0.4, 0.5) is 0 Å². The van der Waals surface area contributed by atoms with E-state index in [1.54, 1.807) is 43.8 Å². The Bertz CT molecular complexity index is 1300. The molecule has 4 rings (SSSR count). The van der Waals surface area contributed by atoms with Crippen LogP contribution in [0.25, 0.3) is 27.9 Å². The number of methoxy groups -OCH3 is 2. The van der Waals surface area contributed by atoms with Crippen LogP contribution in [0.5, 0.6) is 11.5 Å². The van der Waals surface area contributed by atoms with E-state index in [1.807, 2.05) is 60.0 Å². The Balaban J connectivity index is 1.37. The van der Waals surface area contributed by atoms with E-state index in [0.29, 0.717) is 23.1 Å². The molecule has 7 heteroatoms. The first-order valence-corrected chi connectivity index (χ1v) is 11.8. The molecule has 1 N–H and O–H groups in total. The van der Waals surface area contributed by atoms with Crippen molar-refractivity contribution in [3.8, 4) is 33.3 Å². The minimum atomic E-state index is -0.154. The highest BCUT2D eigenvalue weighted by Crippen LogP contribution is 2.34. The first-order valence-electron chi connectivity index (χ1n) is 10.5. The SMILES string of the molecule is COc1ccc(-c2csc(-c3ccc(CNC(=O)/C=C/c4ccc(Cl)cc4)cc3)n2)cc1OC. The van der Waals surface area contributed by atoms with Crippen molar-refractivity contribution in [2.45, 2.75) is 6.54 Å². The van der Waals surface area contributed by atoms with Crippen LogP contribution in [0.3, 0.4) is 0 Å². The molecule has 1 heterocycles. The van der Waals surface area contributed by atoms with Crippen molar-refractivity contribution in [2.24, 2.45) is 0 Å². The van der Waals surface area contributed by atoms with Crippen molar-refractivity contribution >= 4 is 34.9 Å². The minimum Gasteiger partial charge on any atom is -0.493 e. The average molecular weight is 491 g/mol. The fraction of sp³-hybridized carbons (Fsp3) is 0.111. The van der Waals surface area contributed by atoms with E-state index in [4.69, 9.17) is 26.1 Å². The lowest BCUT2D eigenvalue weighted by Gasteiger charge is -2.08. The van der Waals surface area contributed by atoms with Gasteiger partial charge in [-0.15, -0.1) is 11.3 Å². The Hall–Kier alpha value is -3.61. The van der Waals surface area contributed by atoms with Crippen LogP contribution in [-0.2, 0) is 11.3 Å². The molecule has 5 nitrogen and oxygen atoms in total. The van der Waals surface area contributed by atoms with Gasteiger partial charge in [0.25, 0.3) is 0 Å². The first kappa shape index (κ1) is 23.5. The van der Waals surface area contributed by atoms with Crippen LogP contribution in [0.1, 0.15) is 11.1 Å². The van der Waals surface area contributed by atoms with Crippen molar-refractivity contribution in [3.63, 3.8) is 0 Å². The molecule has 0 aliphatic rings. The molecule has 0 unspecified atom stereocenters. The van der Waals surface area contributed by atoms with Gasteiger partial charge in [-0.05, 0) is 47.5 Å². The summed E-state index contributed by atoms with van der Waals surface area (Å²) in [5, 5.41) is 6.51. The summed E-state index contributed by atoms with van der Waals surface area (Å²) in [7, 11) is 3.24. The lowest BCUT2D eigenvalue weighted by Crippen LogP contribution is -2.20. The van der Waals surface area contributed by atoms with Gasteiger partial charge in [-0.2, -0.15) is 0 Å². The monoisotopic (exact) mass is 490 g/mol. The van der Waals surface area contributed by atoms with E-state index >= 15 is 0 Å². The van der Waals surface area contributed by atoms with Gasteiger partial charge >= 0.3 is 0 Å². The molecule has 0 fully saturated rings. The zero-order chi connectivity index (χ0) is 23.9. The van der Waals surface area contributed by atoms with Crippen molar-refractivity contribution in [3.05, 3.63) is 94.3 Å². The molecule has 0 aliphatic carbocycles. The largest absolute Gasteiger partial charge is 0.493 e. The summed E-state index contributed by atoms with van der Waals surface area (Å²) in [6.07, 6.45) is 3.27. The van der Waals surface area contributed by atoms with Crippen LogP contribution in [0.15, 0.2) is 78.2 Å². The normalized spacial score (nSPS) is 10.9. The van der Waals surface area contributed by atoms with Crippen molar-refractivity contribution in [2.75, 3.05) is 14.2 Å². The van der Waals surface area contributed by atoms with E-state index in [9.17, 15) is 4.79 Å². The lowest BCUT2D eigenvalue weighted by molar-refractivity contribution is -0.116. The molecule has 0 saturated heterocycles. The van der Waals surface area contributed by atoms with Gasteiger partial charge in [0, 0.05) is 34.2 Å². The second kappa shape index (κ2) is 11.0. The lowest BCUT2D eigenvalue weighted by atomic mass is 10.1. The number of nitrogens with zero attached hydrogens (tertiary/aromatic N) is 1. The highest BCUT2D eigenvalue weighted by atomic mass is 35.5. The fourth-order valence-corrected chi connectivity index (χ4v) is 4.25. The quantitative estimate of drug-likeness (QED) is 0.287. The van der Waals surface area contributed by atoms with Crippen LogP contribution in [0.2, 0.25) is 5.02 Å². The third-order valence-corrected chi connectivity index (χ3v) is 6.29. The van der Waals surface area contributed by atoms with Crippen LogP contribution >= 0.6 is 22.9 Å². The molecule has 0 atom stereocenters. The molecule has 4 aromatic rings. The van der Waals surface area contributed by atoms with Gasteiger partial charge in [0.05, 0.1) is 19.9 Å². The zero-order valence-electron chi connectivity index (χ0n) is 18.7. The maximum atomic E-state index is 12.1. The molecular formula is C27H23ClN2O3S. The molecule has 0 radical (unpaired) electrons. The number of carbonyl (C=O) groups excluding carboxylic acids is 1. The second-order valence-electron chi connectivity index (χ2n) is 7.41. The van der Waals surface area contributed by atoms with Gasteiger partial charge in [0.15, 0.2) is 11.5 Å². The Morgan fingerprint density at radius 2 is 1.68 bits per heavy atom. The molecule has 0 aliphatic heterocycles. The smallest absolute Gasteiger partial charge is 0.244 e. The number of ether oxygens (including phenoxy) is 2. The maximum absolute atomic E-state index is 12.1. The van der Waals surface area contributed by atoms with E-state index < -0.39 is 0 Å². The molecule has 34 heavy (non-hydrogen) atoms. The summed E-state index contributed by atoms with van der Waals surface area (Å²) < 4.78 is 10.7. The third-order valence-electron chi connectivity index (χ3n) is 5.15. The molecule has 3 aromatic carbocycles. The van der Waals surface area contributed by atoms with E-state index in [1.165, 1.54) is 6.08 Å². The minimum absolute atomic E-state index is 0.154. The van der Waals surface area contributed by atoms with E-state index in [2.05, 4.69) is 5.32 Å². The van der Waals surface area contributed by atoms with Gasteiger partial charge in [-0.1, -0.05) is 48.0 Å². The van der Waals surface area contributed by atoms with Crippen LogP contribution in [0, 0.1) is 0 Å². The summed E-state index contributed by atoms with van der Waals surface area (Å²) in [4.78, 5) is 16.9. The summed E-state index contributed by atoms with van der Waals surface area (Å²) in [6, 6.07) is 21.1. The number of nitrogens with one attached hydrogen (secondary N) is 1. The van der Waals surface area contributed by atoms with E-state index in [0.717, 1.165) is 33.0 Å². The number of hydrogen-bond donors (Lipinski definition) is 1. The van der Waals surface area contributed by atoms with Crippen LogP contribution < -0.4 is 14.8 Å². The van der Waals surface area contributed by atoms with Crippen molar-refractivity contribution in [1.82, 2.24) is 10.3 Å². The van der Waals surface area contributed by atoms with Crippen LogP contribution in [-0.4, -0.2) is 25.1 Å². The summed E-state index contributed by atoms with van der Waals surface area (Å²) in [6.45, 7) is 0.443. The highest BCUT2D eigenvalue weighted by molar-refractivity contribution is 7.13. The predicted octanol–water partition coefficient (Wildman–Crippen LogP) is 6.48. The van der Waals surface area contributed by atoms with Gasteiger partial charge in [0.2, 0.25) is 5.91 Å². The summed E-state index contributed by atoms with van der Waals surface area (Å²) >= 11 is 7.46. The number of hydrogen-bond acceptors (Lipinski definition) is 5. The predicted molar refractivity (Wildman–Crippen MR) is 138 cm³/mol. The first-order chi connectivity index (χ1) is 16.6. The maximum Gasteiger partial charge on any atom is 0.244 e. The fourth-order valence-electron chi connectivity index (χ4n) is 3.29. The van der Waals surface area contributed by atoms with Gasteiger partial charge < -0.3 is 14.8 Å². The average Bonchev–Trinajstić information content (AvgIpc) is 3.37. The second-order valence-corrected chi connectivity index (χ2v) is 8.70. The number of amides is 1. The Labute approximate surface area is 207 Å². The standard InChI is InChI=1S/C27H23ClN2O3S/c1-32-24-13-10-21(15-25(24)33-2)23-17-34-27(30-23)20-8-3-19(4-9-20)16-29-26(31)14-7-18-5-11-22(28)12-6-18/h3-15,17H,16H2,1-2H3,(H,29,31)/b14-7+. The Kier molecular flexibility index (Phi) is 7.62. The van der Waals surface area contributed by atoms with E-state index in [-0.39, 0.29) is 5.91 Å². The number of aromatic nitrogens is 1. The Morgan fingerprint density at radius 1 is 0.971 bits per heavy atom. The van der Waals surface area contributed by atoms with Gasteiger partial charge in [0.1, 0.15) is 5.01 Å². The summed E-state index contributed by atoms with van der Waals surface area (Å²) in [5.41, 5.74) is 4.79.